The Morgan fingerprint density at radius 1 is 1.42 bits per heavy atom. The third kappa shape index (κ3) is 2.48. The number of hydrogen-bond donors (Lipinski definition) is 0. The van der Waals surface area contributed by atoms with Crippen LogP contribution in [0.5, 0.6) is 0 Å². The summed E-state index contributed by atoms with van der Waals surface area (Å²) < 4.78 is 0. The van der Waals surface area contributed by atoms with E-state index in [1.54, 1.807) is 0 Å². The molecule has 1 radical (unpaired) electrons. The second-order valence-corrected chi connectivity index (χ2v) is 4.05. The molecule has 1 rings (SSSR count). The second-order valence-electron chi connectivity index (χ2n) is 4.05. The molecule has 0 aromatic carbocycles. The van der Waals surface area contributed by atoms with Crippen molar-refractivity contribution in [3.8, 4) is 0 Å². The Kier molecular flexibility index (Phi) is 4.07. The molecular formula is C11H22N. The van der Waals surface area contributed by atoms with Gasteiger partial charge in [0.25, 0.3) is 0 Å². The van der Waals surface area contributed by atoms with E-state index in [0.29, 0.717) is 0 Å². The molecule has 0 amide bonds. The van der Waals surface area contributed by atoms with Gasteiger partial charge >= 0.3 is 0 Å². The molecular weight excluding hydrogens is 146 g/mol. The number of nitrogens with zero attached hydrogens (tertiary/aromatic N) is 1. The lowest BCUT2D eigenvalue weighted by Crippen LogP contribution is -2.41. The van der Waals surface area contributed by atoms with Crippen molar-refractivity contribution in [2.75, 3.05) is 13.1 Å². The molecule has 1 aliphatic heterocycles. The Labute approximate surface area is 77.1 Å². The molecule has 1 heteroatoms. The van der Waals surface area contributed by atoms with Gasteiger partial charge in [0.05, 0.1) is 0 Å². The van der Waals surface area contributed by atoms with Gasteiger partial charge in [-0.1, -0.05) is 20.3 Å². The molecule has 0 saturated carbocycles. The highest BCUT2D eigenvalue weighted by atomic mass is 15.2. The van der Waals surface area contributed by atoms with E-state index in [4.69, 9.17) is 0 Å². The van der Waals surface area contributed by atoms with Crippen molar-refractivity contribution in [1.82, 2.24) is 4.90 Å². The smallest absolute Gasteiger partial charge is 0.00671 e. The fraction of sp³-hybridized carbons (Fsp3) is 0.909. The largest absolute Gasteiger partial charge is 0.300 e. The van der Waals surface area contributed by atoms with Crippen molar-refractivity contribution >= 4 is 0 Å². The van der Waals surface area contributed by atoms with Gasteiger partial charge in [0.15, 0.2) is 0 Å². The minimum atomic E-state index is 0.801. The maximum Gasteiger partial charge on any atom is 0.00671 e. The van der Waals surface area contributed by atoms with Crippen LogP contribution in [-0.4, -0.2) is 24.0 Å². The van der Waals surface area contributed by atoms with E-state index >= 15 is 0 Å². The van der Waals surface area contributed by atoms with Crippen LogP contribution >= 0.6 is 0 Å². The molecule has 1 saturated heterocycles. The molecule has 0 bridgehead atoms. The highest BCUT2D eigenvalue weighted by Gasteiger charge is 2.22. The molecule has 1 nitrogen and oxygen atoms in total. The lowest BCUT2D eigenvalue weighted by atomic mass is 9.91. The summed E-state index contributed by atoms with van der Waals surface area (Å²) >= 11 is 0. The summed E-state index contributed by atoms with van der Waals surface area (Å²) in [6, 6.07) is 0.801. The summed E-state index contributed by atoms with van der Waals surface area (Å²) in [6.45, 7) is 11.1. The van der Waals surface area contributed by atoms with Gasteiger partial charge in [0, 0.05) is 12.6 Å². The lowest BCUT2D eigenvalue weighted by molar-refractivity contribution is 0.118. The summed E-state index contributed by atoms with van der Waals surface area (Å²) in [6.07, 6.45) is 5.23. The minimum Gasteiger partial charge on any atom is -0.300 e. The summed E-state index contributed by atoms with van der Waals surface area (Å²) in [7, 11) is 0. The van der Waals surface area contributed by atoms with Gasteiger partial charge in [0.1, 0.15) is 0 Å². The highest BCUT2D eigenvalue weighted by molar-refractivity contribution is 4.78. The Hall–Kier alpha value is -0.0400. The van der Waals surface area contributed by atoms with Crippen LogP contribution in [0.15, 0.2) is 0 Å². The maximum atomic E-state index is 3.92. The van der Waals surface area contributed by atoms with Crippen molar-refractivity contribution in [3.63, 3.8) is 0 Å². The Balaban J connectivity index is 2.36. The fourth-order valence-electron chi connectivity index (χ4n) is 2.11. The second kappa shape index (κ2) is 4.86. The van der Waals surface area contributed by atoms with Crippen LogP contribution < -0.4 is 0 Å². The minimum absolute atomic E-state index is 0.801. The molecule has 71 valence electrons. The summed E-state index contributed by atoms with van der Waals surface area (Å²) in [5.41, 5.74) is 0. The van der Waals surface area contributed by atoms with Gasteiger partial charge < -0.3 is 4.90 Å². The van der Waals surface area contributed by atoms with Crippen LogP contribution in [0.1, 0.15) is 39.5 Å². The number of rotatable bonds is 3. The first-order valence-electron chi connectivity index (χ1n) is 5.31. The van der Waals surface area contributed by atoms with E-state index in [9.17, 15) is 0 Å². The van der Waals surface area contributed by atoms with Crippen LogP contribution in [0.2, 0.25) is 0 Å². The standard InChI is InChI=1S/C11H22N/c1-4-8-12-9-11(5-2)7-6-10(12)3/h10-11H,1,4-9H2,2-3H3. The van der Waals surface area contributed by atoms with Crippen LogP contribution in [0.25, 0.3) is 0 Å². The molecule has 0 aromatic rings. The van der Waals surface area contributed by atoms with Gasteiger partial charge in [-0.15, -0.1) is 0 Å². The van der Waals surface area contributed by atoms with Crippen molar-refractivity contribution in [2.24, 2.45) is 5.92 Å². The molecule has 2 unspecified atom stereocenters. The van der Waals surface area contributed by atoms with Gasteiger partial charge in [0.2, 0.25) is 0 Å². The molecule has 0 aliphatic carbocycles. The molecule has 2 atom stereocenters. The Bertz CT molecular complexity index is 122. The number of hydrogen-bond acceptors (Lipinski definition) is 1. The first-order chi connectivity index (χ1) is 5.77. The first-order valence-corrected chi connectivity index (χ1v) is 5.31. The average Bonchev–Trinajstić information content (AvgIpc) is 2.09. The maximum absolute atomic E-state index is 3.92. The van der Waals surface area contributed by atoms with Crippen LogP contribution in [0, 0.1) is 12.8 Å². The van der Waals surface area contributed by atoms with E-state index in [-0.39, 0.29) is 0 Å². The molecule has 1 heterocycles. The quantitative estimate of drug-likeness (QED) is 0.626. The van der Waals surface area contributed by atoms with E-state index in [2.05, 4.69) is 25.7 Å². The zero-order valence-electron chi connectivity index (χ0n) is 8.55. The van der Waals surface area contributed by atoms with Crippen molar-refractivity contribution < 1.29 is 0 Å². The molecule has 1 aliphatic rings. The molecule has 0 N–H and O–H groups in total. The van der Waals surface area contributed by atoms with Gasteiger partial charge in [-0.05, 0) is 38.6 Å². The van der Waals surface area contributed by atoms with Crippen LogP contribution in [0.3, 0.4) is 0 Å². The van der Waals surface area contributed by atoms with Gasteiger partial charge in [-0.25, -0.2) is 0 Å². The van der Waals surface area contributed by atoms with Gasteiger partial charge in [-0.2, -0.15) is 0 Å². The predicted octanol–water partition coefficient (Wildman–Crippen LogP) is 2.72. The summed E-state index contributed by atoms with van der Waals surface area (Å²) in [5.74, 6) is 0.952. The molecule has 1 fully saturated rings. The van der Waals surface area contributed by atoms with E-state index in [1.807, 2.05) is 0 Å². The Morgan fingerprint density at radius 3 is 2.75 bits per heavy atom. The lowest BCUT2D eigenvalue weighted by Gasteiger charge is -2.37. The molecule has 12 heavy (non-hydrogen) atoms. The third-order valence-electron chi connectivity index (χ3n) is 3.13. The predicted molar refractivity (Wildman–Crippen MR) is 54.0 cm³/mol. The van der Waals surface area contributed by atoms with E-state index in [1.165, 1.54) is 32.4 Å². The van der Waals surface area contributed by atoms with Crippen molar-refractivity contribution in [2.45, 2.75) is 45.6 Å². The monoisotopic (exact) mass is 168 g/mol. The zero-order valence-corrected chi connectivity index (χ0v) is 8.55. The van der Waals surface area contributed by atoms with Crippen LogP contribution in [-0.2, 0) is 0 Å². The van der Waals surface area contributed by atoms with E-state index in [0.717, 1.165) is 18.4 Å². The van der Waals surface area contributed by atoms with Gasteiger partial charge in [-0.3, -0.25) is 0 Å². The summed E-state index contributed by atoms with van der Waals surface area (Å²) in [5, 5.41) is 0. The Morgan fingerprint density at radius 2 is 2.17 bits per heavy atom. The first kappa shape index (κ1) is 10.0. The fourth-order valence-corrected chi connectivity index (χ4v) is 2.11. The molecule has 0 spiro atoms. The van der Waals surface area contributed by atoms with E-state index < -0.39 is 0 Å². The highest BCUT2D eigenvalue weighted by Crippen LogP contribution is 2.23. The normalized spacial score (nSPS) is 32.2. The summed E-state index contributed by atoms with van der Waals surface area (Å²) in [4.78, 5) is 2.60. The average molecular weight is 168 g/mol. The topological polar surface area (TPSA) is 3.24 Å². The number of likely N-dealkylation sites (tertiary alicyclic amines) is 1. The number of piperidine rings is 1. The molecule has 0 aromatic heterocycles. The van der Waals surface area contributed by atoms with Crippen molar-refractivity contribution in [1.29, 1.82) is 0 Å². The van der Waals surface area contributed by atoms with Crippen LogP contribution in [0.4, 0.5) is 0 Å². The SMILES string of the molecule is [CH2]CCN1CC(CC)CCC1C. The third-order valence-corrected chi connectivity index (χ3v) is 3.13. The van der Waals surface area contributed by atoms with Crippen molar-refractivity contribution in [3.05, 3.63) is 6.92 Å². The zero-order chi connectivity index (χ0) is 8.97.